The average molecular weight is 410 g/mol. The first kappa shape index (κ1) is 20.6. The van der Waals surface area contributed by atoms with Crippen molar-refractivity contribution in [3.63, 3.8) is 0 Å². The highest BCUT2D eigenvalue weighted by molar-refractivity contribution is 7.99. The van der Waals surface area contributed by atoms with Crippen LogP contribution in [0.15, 0.2) is 71.0 Å². The highest BCUT2D eigenvalue weighted by Gasteiger charge is 2.11. The molecule has 0 saturated carbocycles. The molecule has 29 heavy (non-hydrogen) atoms. The van der Waals surface area contributed by atoms with Gasteiger partial charge < -0.3 is 20.5 Å². The minimum atomic E-state index is -0.808. The molecule has 0 radical (unpaired) electrons. The molecule has 0 bridgehead atoms. The first-order valence-corrected chi connectivity index (χ1v) is 9.79. The minimum absolute atomic E-state index is 0.0937. The summed E-state index contributed by atoms with van der Waals surface area (Å²) in [7, 11) is 1.58. The molecule has 8 heteroatoms. The Labute approximate surface area is 173 Å². The molecule has 150 valence electrons. The standard InChI is InChI=1S/C21H22N4O3S/c1-14-12-17(29-21-22-10-3-11-23-21)8-9-18(14)25-20(27)24-13-19(26)15-4-6-16(28-2)7-5-15/h3-12,19,26H,13H2,1-2H3,(H2,24,25,27). The van der Waals surface area contributed by atoms with Crippen LogP contribution in [0.3, 0.4) is 0 Å². The normalized spacial score (nSPS) is 11.6. The van der Waals surface area contributed by atoms with Crippen molar-refractivity contribution >= 4 is 23.5 Å². The van der Waals surface area contributed by atoms with Gasteiger partial charge in [-0.25, -0.2) is 14.8 Å². The summed E-state index contributed by atoms with van der Waals surface area (Å²) in [4.78, 5) is 21.6. The molecule has 0 aliphatic heterocycles. The summed E-state index contributed by atoms with van der Waals surface area (Å²) >= 11 is 1.45. The fraction of sp³-hybridized carbons (Fsp3) is 0.190. The molecule has 1 aromatic heterocycles. The molecule has 7 nitrogen and oxygen atoms in total. The molecule has 3 aromatic rings. The number of nitrogens with zero attached hydrogens (tertiary/aromatic N) is 2. The molecule has 2 aromatic carbocycles. The molecule has 0 saturated heterocycles. The monoisotopic (exact) mass is 410 g/mol. The van der Waals surface area contributed by atoms with Crippen molar-refractivity contribution in [1.82, 2.24) is 15.3 Å². The molecule has 0 aliphatic carbocycles. The Morgan fingerprint density at radius 1 is 1.17 bits per heavy atom. The van der Waals surface area contributed by atoms with E-state index in [1.165, 1.54) is 11.8 Å². The number of hydrogen-bond donors (Lipinski definition) is 3. The van der Waals surface area contributed by atoms with Crippen molar-refractivity contribution in [2.45, 2.75) is 23.1 Å². The molecular formula is C21H22N4O3S. The van der Waals surface area contributed by atoms with Crippen LogP contribution in [0.4, 0.5) is 10.5 Å². The zero-order chi connectivity index (χ0) is 20.6. The predicted octanol–water partition coefficient (Wildman–Crippen LogP) is 3.80. The lowest BCUT2D eigenvalue weighted by molar-refractivity contribution is 0.175. The van der Waals surface area contributed by atoms with Gasteiger partial charge in [-0.1, -0.05) is 12.1 Å². The number of aliphatic hydroxyl groups is 1. The van der Waals surface area contributed by atoms with E-state index in [0.29, 0.717) is 22.2 Å². The van der Waals surface area contributed by atoms with E-state index < -0.39 is 6.10 Å². The van der Waals surface area contributed by atoms with Gasteiger partial charge in [0.15, 0.2) is 5.16 Å². The Bertz CT molecular complexity index is 952. The number of nitrogens with one attached hydrogen (secondary N) is 2. The summed E-state index contributed by atoms with van der Waals surface area (Å²) in [6.07, 6.45) is 2.59. The minimum Gasteiger partial charge on any atom is -0.497 e. The molecule has 0 fully saturated rings. The molecule has 0 spiro atoms. The van der Waals surface area contributed by atoms with Gasteiger partial charge in [0, 0.05) is 29.5 Å². The lowest BCUT2D eigenvalue weighted by Crippen LogP contribution is -2.32. The first-order chi connectivity index (χ1) is 14.0. The molecule has 3 rings (SSSR count). The van der Waals surface area contributed by atoms with E-state index in [1.807, 2.05) is 25.1 Å². The van der Waals surface area contributed by atoms with Crippen molar-refractivity contribution in [3.8, 4) is 5.75 Å². The fourth-order valence-corrected chi connectivity index (χ4v) is 3.39. The third kappa shape index (κ3) is 5.94. The Morgan fingerprint density at radius 2 is 1.90 bits per heavy atom. The maximum absolute atomic E-state index is 12.2. The molecular weight excluding hydrogens is 388 g/mol. The number of benzene rings is 2. The van der Waals surface area contributed by atoms with Crippen LogP contribution in [0.5, 0.6) is 5.75 Å². The molecule has 0 aliphatic rings. The largest absolute Gasteiger partial charge is 0.497 e. The lowest BCUT2D eigenvalue weighted by Gasteiger charge is -2.14. The number of aliphatic hydroxyl groups excluding tert-OH is 1. The van der Waals surface area contributed by atoms with Gasteiger partial charge in [0.1, 0.15) is 5.75 Å². The first-order valence-electron chi connectivity index (χ1n) is 8.97. The number of aromatic nitrogens is 2. The number of methoxy groups -OCH3 is 1. The van der Waals surface area contributed by atoms with Gasteiger partial charge in [0.05, 0.1) is 13.2 Å². The second-order valence-corrected chi connectivity index (χ2v) is 7.27. The van der Waals surface area contributed by atoms with Crippen molar-refractivity contribution in [1.29, 1.82) is 0 Å². The summed E-state index contributed by atoms with van der Waals surface area (Å²) in [5.74, 6) is 0.711. The summed E-state index contributed by atoms with van der Waals surface area (Å²) in [6, 6.07) is 14.1. The van der Waals surface area contributed by atoms with Crippen molar-refractivity contribution < 1.29 is 14.6 Å². The second-order valence-electron chi connectivity index (χ2n) is 6.23. The van der Waals surface area contributed by atoms with Crippen molar-refractivity contribution in [2.75, 3.05) is 19.0 Å². The van der Waals surface area contributed by atoms with Crippen LogP contribution in [0, 0.1) is 6.92 Å². The number of anilines is 1. The van der Waals surface area contributed by atoms with E-state index in [9.17, 15) is 9.90 Å². The number of carbonyl (C=O) groups is 1. The van der Waals surface area contributed by atoms with Gasteiger partial charge in [-0.05, 0) is 66.2 Å². The van der Waals surface area contributed by atoms with Crippen LogP contribution < -0.4 is 15.4 Å². The third-order valence-electron chi connectivity index (χ3n) is 4.15. The number of carbonyl (C=O) groups excluding carboxylic acids is 1. The third-order valence-corrected chi connectivity index (χ3v) is 5.04. The lowest BCUT2D eigenvalue weighted by atomic mass is 10.1. The Kier molecular flexibility index (Phi) is 7.04. The van der Waals surface area contributed by atoms with Gasteiger partial charge in [-0.15, -0.1) is 0 Å². The van der Waals surface area contributed by atoms with Gasteiger partial charge in [0.2, 0.25) is 0 Å². The van der Waals surface area contributed by atoms with Crippen LogP contribution in [-0.2, 0) is 0 Å². The number of urea groups is 1. The van der Waals surface area contributed by atoms with E-state index in [1.54, 1.807) is 49.8 Å². The van der Waals surface area contributed by atoms with Crippen molar-refractivity contribution in [2.24, 2.45) is 0 Å². The Hall–Kier alpha value is -3.10. The van der Waals surface area contributed by atoms with Crippen molar-refractivity contribution in [3.05, 3.63) is 72.1 Å². The van der Waals surface area contributed by atoms with Crippen LogP contribution in [0.1, 0.15) is 17.2 Å². The van der Waals surface area contributed by atoms with Crippen LogP contribution in [-0.4, -0.2) is 34.8 Å². The topological polar surface area (TPSA) is 96.4 Å². The molecule has 2 amide bonds. The quantitative estimate of drug-likeness (QED) is 0.513. The van der Waals surface area contributed by atoms with Crippen LogP contribution in [0.25, 0.3) is 0 Å². The van der Waals surface area contributed by atoms with Gasteiger partial charge in [-0.3, -0.25) is 0 Å². The Balaban J connectivity index is 1.53. The predicted molar refractivity (Wildman–Crippen MR) is 112 cm³/mol. The van der Waals surface area contributed by atoms with E-state index in [0.717, 1.165) is 10.5 Å². The molecule has 1 unspecified atom stereocenters. The highest BCUT2D eigenvalue weighted by atomic mass is 32.2. The molecule has 3 N–H and O–H groups in total. The number of amides is 2. The summed E-state index contributed by atoms with van der Waals surface area (Å²) in [5, 5.41) is 16.4. The summed E-state index contributed by atoms with van der Waals surface area (Å²) in [6.45, 7) is 2.01. The smallest absolute Gasteiger partial charge is 0.319 e. The maximum Gasteiger partial charge on any atom is 0.319 e. The zero-order valence-corrected chi connectivity index (χ0v) is 16.9. The van der Waals surface area contributed by atoms with Crippen LogP contribution >= 0.6 is 11.8 Å². The number of hydrogen-bond acceptors (Lipinski definition) is 6. The van der Waals surface area contributed by atoms with Gasteiger partial charge in [0.25, 0.3) is 0 Å². The van der Waals surface area contributed by atoms with E-state index in [2.05, 4.69) is 20.6 Å². The zero-order valence-electron chi connectivity index (χ0n) is 16.1. The molecule has 1 atom stereocenters. The SMILES string of the molecule is COc1ccc(C(O)CNC(=O)Nc2ccc(Sc3ncccn3)cc2C)cc1. The molecule has 1 heterocycles. The van der Waals surface area contributed by atoms with E-state index in [-0.39, 0.29) is 12.6 Å². The number of rotatable bonds is 7. The van der Waals surface area contributed by atoms with Gasteiger partial charge >= 0.3 is 6.03 Å². The van der Waals surface area contributed by atoms with E-state index >= 15 is 0 Å². The average Bonchev–Trinajstić information content (AvgIpc) is 2.75. The summed E-state index contributed by atoms with van der Waals surface area (Å²) < 4.78 is 5.10. The highest BCUT2D eigenvalue weighted by Crippen LogP contribution is 2.27. The number of aryl methyl sites for hydroxylation is 1. The second kappa shape index (κ2) is 9.90. The fourth-order valence-electron chi connectivity index (χ4n) is 2.58. The van der Waals surface area contributed by atoms with E-state index in [4.69, 9.17) is 4.74 Å². The Morgan fingerprint density at radius 3 is 2.55 bits per heavy atom. The number of ether oxygens (including phenoxy) is 1. The summed E-state index contributed by atoms with van der Waals surface area (Å²) in [5.41, 5.74) is 2.31. The van der Waals surface area contributed by atoms with Crippen LogP contribution in [0.2, 0.25) is 0 Å². The maximum atomic E-state index is 12.2. The van der Waals surface area contributed by atoms with Gasteiger partial charge in [-0.2, -0.15) is 0 Å².